The molecule has 1 saturated carbocycles. The molecular formula is C15H19N3O2S. The van der Waals surface area contributed by atoms with Crippen LogP contribution in [0.25, 0.3) is 0 Å². The molecule has 2 N–H and O–H groups in total. The van der Waals surface area contributed by atoms with Crippen LogP contribution < -0.4 is 10.7 Å². The third kappa shape index (κ3) is 4.90. The minimum atomic E-state index is -0.723. The number of thioether (sulfide) groups is 1. The number of nitrogens with zero attached hydrogens (tertiary/aromatic N) is 1. The predicted octanol–water partition coefficient (Wildman–Crippen LogP) is 1.92. The summed E-state index contributed by atoms with van der Waals surface area (Å²) in [6.45, 7) is 0. The van der Waals surface area contributed by atoms with E-state index in [1.165, 1.54) is 6.21 Å². The Morgan fingerprint density at radius 2 is 1.86 bits per heavy atom. The third-order valence-corrected chi connectivity index (χ3v) is 4.14. The normalized spacial score (nSPS) is 15.3. The maximum atomic E-state index is 11.6. The lowest BCUT2D eigenvalue weighted by molar-refractivity contribution is -0.139. The quantitative estimate of drug-likeness (QED) is 0.386. The van der Waals surface area contributed by atoms with Crippen molar-refractivity contribution in [1.82, 2.24) is 10.7 Å². The highest BCUT2D eigenvalue weighted by Crippen LogP contribution is 2.17. The van der Waals surface area contributed by atoms with Crippen molar-refractivity contribution in [3.63, 3.8) is 0 Å². The number of amides is 2. The largest absolute Gasteiger partial charge is 0.345 e. The summed E-state index contributed by atoms with van der Waals surface area (Å²) in [5, 5.41) is 6.52. The summed E-state index contributed by atoms with van der Waals surface area (Å²) in [7, 11) is 0. The Kier molecular flexibility index (Phi) is 5.80. The molecule has 2 amide bonds. The summed E-state index contributed by atoms with van der Waals surface area (Å²) in [4.78, 5) is 24.4. The molecule has 0 aromatic heterocycles. The van der Waals surface area contributed by atoms with Crippen LogP contribution in [0.15, 0.2) is 34.3 Å². The van der Waals surface area contributed by atoms with E-state index >= 15 is 0 Å². The van der Waals surface area contributed by atoms with Gasteiger partial charge in [-0.1, -0.05) is 25.0 Å². The van der Waals surface area contributed by atoms with Gasteiger partial charge >= 0.3 is 11.8 Å². The first-order chi connectivity index (χ1) is 10.2. The highest BCUT2D eigenvalue weighted by atomic mass is 32.2. The monoisotopic (exact) mass is 305 g/mol. The Morgan fingerprint density at radius 1 is 1.19 bits per heavy atom. The second-order valence-corrected chi connectivity index (χ2v) is 5.81. The zero-order valence-electron chi connectivity index (χ0n) is 12.0. The van der Waals surface area contributed by atoms with E-state index in [-0.39, 0.29) is 6.04 Å². The number of hydrazone groups is 1. The number of carbonyl (C=O) groups is 2. The van der Waals surface area contributed by atoms with Gasteiger partial charge in [0, 0.05) is 10.9 Å². The Hall–Kier alpha value is -1.82. The van der Waals surface area contributed by atoms with Gasteiger partial charge in [-0.2, -0.15) is 5.10 Å². The molecule has 0 radical (unpaired) electrons. The first-order valence-corrected chi connectivity index (χ1v) is 8.19. The molecule has 0 atom stereocenters. The summed E-state index contributed by atoms with van der Waals surface area (Å²) in [5.41, 5.74) is 3.11. The number of hydrogen-bond acceptors (Lipinski definition) is 4. The Labute approximate surface area is 128 Å². The van der Waals surface area contributed by atoms with Gasteiger partial charge in [0.05, 0.1) is 6.21 Å². The lowest BCUT2D eigenvalue weighted by atomic mass is 10.2. The second-order valence-electron chi connectivity index (χ2n) is 4.93. The standard InChI is InChI=1S/C15H19N3O2S/c1-21-13-8-6-11(7-9-13)10-16-18-15(20)14(19)17-12-4-2-3-5-12/h6-10,12H,2-5H2,1H3,(H,17,19)(H,18,20). The molecule has 0 unspecified atom stereocenters. The van der Waals surface area contributed by atoms with Gasteiger partial charge < -0.3 is 5.32 Å². The van der Waals surface area contributed by atoms with Crippen LogP contribution in [0.2, 0.25) is 0 Å². The van der Waals surface area contributed by atoms with Gasteiger partial charge in [-0.3, -0.25) is 9.59 Å². The van der Waals surface area contributed by atoms with Gasteiger partial charge in [0.2, 0.25) is 0 Å². The molecule has 1 aliphatic carbocycles. The molecule has 0 heterocycles. The van der Waals surface area contributed by atoms with Crippen LogP contribution in [0.1, 0.15) is 31.2 Å². The van der Waals surface area contributed by atoms with Crippen LogP contribution in [-0.4, -0.2) is 30.3 Å². The van der Waals surface area contributed by atoms with Gasteiger partial charge in [-0.15, -0.1) is 11.8 Å². The van der Waals surface area contributed by atoms with Crippen molar-refractivity contribution in [3.8, 4) is 0 Å². The molecule has 21 heavy (non-hydrogen) atoms. The highest BCUT2D eigenvalue weighted by Gasteiger charge is 2.20. The molecule has 2 rings (SSSR count). The van der Waals surface area contributed by atoms with Gasteiger partial charge in [0.25, 0.3) is 0 Å². The maximum absolute atomic E-state index is 11.6. The lowest BCUT2D eigenvalue weighted by Crippen LogP contribution is -2.42. The number of rotatable bonds is 4. The van der Waals surface area contributed by atoms with Gasteiger partial charge in [-0.05, 0) is 36.8 Å². The van der Waals surface area contributed by atoms with E-state index in [0.29, 0.717) is 0 Å². The van der Waals surface area contributed by atoms with Crippen molar-refractivity contribution in [2.24, 2.45) is 5.10 Å². The van der Waals surface area contributed by atoms with Crippen molar-refractivity contribution in [3.05, 3.63) is 29.8 Å². The van der Waals surface area contributed by atoms with Crippen LogP contribution in [-0.2, 0) is 9.59 Å². The van der Waals surface area contributed by atoms with E-state index in [2.05, 4.69) is 15.8 Å². The smallest absolute Gasteiger partial charge is 0.329 e. The zero-order chi connectivity index (χ0) is 15.1. The van der Waals surface area contributed by atoms with Crippen molar-refractivity contribution in [2.45, 2.75) is 36.6 Å². The summed E-state index contributed by atoms with van der Waals surface area (Å²) in [6.07, 6.45) is 7.64. The molecule has 1 fully saturated rings. The SMILES string of the molecule is CSc1ccc(C=NNC(=O)C(=O)NC2CCCC2)cc1. The van der Waals surface area contributed by atoms with Crippen LogP contribution in [0.3, 0.4) is 0 Å². The fourth-order valence-electron chi connectivity index (χ4n) is 2.23. The van der Waals surface area contributed by atoms with Gasteiger partial charge in [0.15, 0.2) is 0 Å². The van der Waals surface area contributed by atoms with Crippen LogP contribution in [0.4, 0.5) is 0 Å². The van der Waals surface area contributed by atoms with E-state index in [0.717, 1.165) is 36.1 Å². The molecule has 6 heteroatoms. The Morgan fingerprint density at radius 3 is 2.48 bits per heavy atom. The summed E-state index contributed by atoms with van der Waals surface area (Å²) >= 11 is 1.66. The Bertz CT molecular complexity index is 522. The van der Waals surface area contributed by atoms with E-state index in [9.17, 15) is 9.59 Å². The molecule has 112 valence electrons. The van der Waals surface area contributed by atoms with Gasteiger partial charge in [0.1, 0.15) is 0 Å². The first-order valence-electron chi connectivity index (χ1n) is 6.97. The molecule has 0 saturated heterocycles. The molecule has 0 bridgehead atoms. The van der Waals surface area contributed by atoms with Gasteiger partial charge in [-0.25, -0.2) is 5.43 Å². The lowest BCUT2D eigenvalue weighted by Gasteiger charge is -2.10. The topological polar surface area (TPSA) is 70.6 Å². The van der Waals surface area contributed by atoms with Crippen molar-refractivity contribution >= 4 is 29.8 Å². The molecule has 1 aromatic carbocycles. The third-order valence-electron chi connectivity index (χ3n) is 3.39. The molecule has 0 aliphatic heterocycles. The zero-order valence-corrected chi connectivity index (χ0v) is 12.8. The highest BCUT2D eigenvalue weighted by molar-refractivity contribution is 7.98. The van der Waals surface area contributed by atoms with Crippen molar-refractivity contribution in [1.29, 1.82) is 0 Å². The van der Waals surface area contributed by atoms with E-state index in [4.69, 9.17) is 0 Å². The van der Waals surface area contributed by atoms with Crippen molar-refractivity contribution < 1.29 is 9.59 Å². The minimum absolute atomic E-state index is 0.131. The molecule has 5 nitrogen and oxygen atoms in total. The van der Waals surface area contributed by atoms with E-state index < -0.39 is 11.8 Å². The van der Waals surface area contributed by atoms with Crippen LogP contribution in [0.5, 0.6) is 0 Å². The average Bonchev–Trinajstić information content (AvgIpc) is 3.00. The number of carbonyl (C=O) groups excluding carboxylic acids is 2. The number of benzene rings is 1. The fraction of sp³-hybridized carbons (Fsp3) is 0.400. The molecule has 0 spiro atoms. The molecule has 1 aliphatic rings. The summed E-state index contributed by atoms with van der Waals surface area (Å²) in [6, 6.07) is 7.88. The predicted molar refractivity (Wildman–Crippen MR) is 84.4 cm³/mol. The molecule has 1 aromatic rings. The summed E-state index contributed by atoms with van der Waals surface area (Å²) < 4.78 is 0. The fourth-order valence-corrected chi connectivity index (χ4v) is 2.64. The number of nitrogens with one attached hydrogen (secondary N) is 2. The summed E-state index contributed by atoms with van der Waals surface area (Å²) in [5.74, 6) is -1.34. The second kappa shape index (κ2) is 7.83. The van der Waals surface area contributed by atoms with Crippen LogP contribution in [0, 0.1) is 0 Å². The van der Waals surface area contributed by atoms with Crippen LogP contribution >= 0.6 is 11.8 Å². The Balaban J connectivity index is 1.78. The first kappa shape index (κ1) is 15.6. The number of hydrogen-bond donors (Lipinski definition) is 2. The van der Waals surface area contributed by atoms with E-state index in [1.807, 2.05) is 30.5 Å². The maximum Gasteiger partial charge on any atom is 0.329 e. The molecular weight excluding hydrogens is 286 g/mol. The van der Waals surface area contributed by atoms with E-state index in [1.54, 1.807) is 11.8 Å². The average molecular weight is 305 g/mol. The minimum Gasteiger partial charge on any atom is -0.345 e. The van der Waals surface area contributed by atoms with Crippen molar-refractivity contribution in [2.75, 3.05) is 6.26 Å².